The third kappa shape index (κ3) is 3.49. The van der Waals surface area contributed by atoms with Crippen LogP contribution in [0.15, 0.2) is 47.4 Å². The largest absolute Gasteiger partial charge is 0.355 e. The number of nitrogens with zero attached hydrogens (tertiary/aromatic N) is 2. The first-order valence-electron chi connectivity index (χ1n) is 8.22. The van der Waals surface area contributed by atoms with E-state index in [1.165, 1.54) is 23.9 Å². The lowest BCUT2D eigenvalue weighted by molar-refractivity contribution is 0.0940. The summed E-state index contributed by atoms with van der Waals surface area (Å²) in [4.78, 5) is 37.2. The van der Waals surface area contributed by atoms with Gasteiger partial charge in [-0.15, -0.1) is 0 Å². The van der Waals surface area contributed by atoms with Crippen LogP contribution in [0.1, 0.15) is 39.1 Å². The molecule has 0 atom stereocenters. The van der Waals surface area contributed by atoms with Crippen LogP contribution in [-0.2, 0) is 6.54 Å². The van der Waals surface area contributed by atoms with Crippen LogP contribution in [0.3, 0.4) is 0 Å². The van der Waals surface area contributed by atoms with Crippen molar-refractivity contribution in [3.05, 3.63) is 69.6 Å². The Balaban J connectivity index is 2.00. The number of aromatic nitrogens is 1. The fourth-order valence-corrected chi connectivity index (χ4v) is 2.63. The van der Waals surface area contributed by atoms with Crippen LogP contribution in [0.5, 0.6) is 0 Å². The highest BCUT2D eigenvalue weighted by Crippen LogP contribution is 2.34. The van der Waals surface area contributed by atoms with Crippen LogP contribution >= 0.6 is 0 Å². The van der Waals surface area contributed by atoms with E-state index in [1.54, 1.807) is 0 Å². The first-order valence-corrected chi connectivity index (χ1v) is 8.22. The molecule has 1 aliphatic rings. The fourth-order valence-electron chi connectivity index (χ4n) is 2.63. The minimum Gasteiger partial charge on any atom is -0.355 e. The lowest BCUT2D eigenvalue weighted by Gasteiger charge is -2.13. The number of carbonyl (C=O) groups excluding carboxylic acids is 2. The molecule has 0 aliphatic heterocycles. The van der Waals surface area contributed by atoms with Crippen molar-refractivity contribution in [2.75, 3.05) is 7.05 Å². The van der Waals surface area contributed by atoms with Gasteiger partial charge in [-0.2, -0.15) is 5.26 Å². The van der Waals surface area contributed by atoms with Gasteiger partial charge < -0.3 is 15.2 Å². The maximum absolute atomic E-state index is 12.6. The van der Waals surface area contributed by atoms with E-state index in [4.69, 9.17) is 5.26 Å². The summed E-state index contributed by atoms with van der Waals surface area (Å²) < 4.78 is 1.33. The summed E-state index contributed by atoms with van der Waals surface area (Å²) in [5.74, 6) is -1.04. The first kappa shape index (κ1) is 17.4. The Bertz CT molecular complexity index is 953. The second-order valence-corrected chi connectivity index (χ2v) is 6.29. The molecule has 0 unspecified atom stereocenters. The molecule has 1 aromatic carbocycles. The molecule has 132 valence electrons. The van der Waals surface area contributed by atoms with Crippen LogP contribution in [0.25, 0.3) is 0 Å². The molecule has 0 spiro atoms. The van der Waals surface area contributed by atoms with Gasteiger partial charge in [-0.05, 0) is 24.5 Å². The quantitative estimate of drug-likeness (QED) is 0.841. The maximum Gasteiger partial charge on any atom is 0.263 e. The molecule has 7 nitrogen and oxygen atoms in total. The Hall–Kier alpha value is -3.40. The number of pyridine rings is 1. The monoisotopic (exact) mass is 350 g/mol. The summed E-state index contributed by atoms with van der Waals surface area (Å²) in [6.45, 7) is 0.230. The minimum absolute atomic E-state index is 0.113. The van der Waals surface area contributed by atoms with Gasteiger partial charge in [0.1, 0.15) is 11.1 Å². The molecule has 2 amide bonds. The first-order chi connectivity index (χ1) is 12.5. The van der Waals surface area contributed by atoms with Gasteiger partial charge in [0.2, 0.25) is 0 Å². The number of amides is 2. The van der Waals surface area contributed by atoms with Gasteiger partial charge in [-0.25, -0.2) is 0 Å². The van der Waals surface area contributed by atoms with Crippen molar-refractivity contribution in [3.8, 4) is 6.07 Å². The zero-order valence-corrected chi connectivity index (χ0v) is 14.3. The molecule has 2 aromatic rings. The normalized spacial score (nSPS) is 14.2. The highest BCUT2D eigenvalue weighted by Gasteiger charge is 2.44. The van der Waals surface area contributed by atoms with Crippen molar-refractivity contribution in [1.29, 1.82) is 5.26 Å². The highest BCUT2D eigenvalue weighted by atomic mass is 16.2. The topological polar surface area (TPSA) is 104 Å². The van der Waals surface area contributed by atoms with Gasteiger partial charge in [0.15, 0.2) is 0 Å². The van der Waals surface area contributed by atoms with Gasteiger partial charge >= 0.3 is 0 Å². The Morgan fingerprint density at radius 1 is 1.23 bits per heavy atom. The van der Waals surface area contributed by atoms with Crippen molar-refractivity contribution < 1.29 is 9.59 Å². The molecule has 1 aromatic heterocycles. The van der Waals surface area contributed by atoms with E-state index >= 15 is 0 Å². The summed E-state index contributed by atoms with van der Waals surface area (Å²) in [6, 6.07) is 12.6. The summed E-state index contributed by atoms with van der Waals surface area (Å²) >= 11 is 0. The summed E-state index contributed by atoms with van der Waals surface area (Å²) in [5, 5.41) is 14.2. The van der Waals surface area contributed by atoms with Crippen LogP contribution in [0, 0.1) is 11.3 Å². The number of nitriles is 1. The van der Waals surface area contributed by atoms with Gasteiger partial charge in [0, 0.05) is 13.2 Å². The number of hydrogen-bond donors (Lipinski definition) is 2. The second-order valence-electron chi connectivity index (χ2n) is 6.29. The zero-order valence-electron chi connectivity index (χ0n) is 14.3. The average molecular weight is 350 g/mol. The molecule has 1 heterocycles. The van der Waals surface area contributed by atoms with Crippen molar-refractivity contribution in [2.24, 2.45) is 0 Å². The minimum atomic E-state index is -0.829. The Labute approximate surface area is 150 Å². The lowest BCUT2D eigenvalue weighted by Crippen LogP contribution is -2.38. The number of nitrogens with one attached hydrogen (secondary N) is 2. The predicted octanol–water partition coefficient (Wildman–Crippen LogP) is 1.04. The molecule has 7 heteroatoms. The maximum atomic E-state index is 12.6. The van der Waals surface area contributed by atoms with Gasteiger partial charge in [-0.1, -0.05) is 30.3 Å². The van der Waals surface area contributed by atoms with E-state index in [9.17, 15) is 14.4 Å². The van der Waals surface area contributed by atoms with Crippen molar-refractivity contribution in [3.63, 3.8) is 0 Å². The summed E-state index contributed by atoms with van der Waals surface area (Å²) in [6.07, 6.45) is 2.62. The van der Waals surface area contributed by atoms with Crippen LogP contribution in [-0.4, -0.2) is 29.0 Å². The molecule has 26 heavy (non-hydrogen) atoms. The molecule has 0 saturated heterocycles. The molecule has 0 radical (unpaired) electrons. The highest BCUT2D eigenvalue weighted by molar-refractivity contribution is 5.99. The van der Waals surface area contributed by atoms with E-state index in [0.29, 0.717) is 12.8 Å². The molecule has 1 aliphatic carbocycles. The zero-order chi connectivity index (χ0) is 18.7. The number of carbonyl (C=O) groups is 2. The van der Waals surface area contributed by atoms with E-state index in [2.05, 4.69) is 16.7 Å². The number of benzene rings is 1. The predicted molar refractivity (Wildman–Crippen MR) is 94.7 cm³/mol. The Morgan fingerprint density at radius 3 is 2.50 bits per heavy atom. The molecule has 1 saturated carbocycles. The van der Waals surface area contributed by atoms with Crippen LogP contribution < -0.4 is 16.2 Å². The molecule has 2 N–H and O–H groups in total. The van der Waals surface area contributed by atoms with Crippen LogP contribution in [0.2, 0.25) is 0 Å². The van der Waals surface area contributed by atoms with Crippen LogP contribution in [0.4, 0.5) is 0 Å². The van der Waals surface area contributed by atoms with Crippen molar-refractivity contribution in [2.45, 2.75) is 24.9 Å². The molecule has 0 bridgehead atoms. The lowest BCUT2D eigenvalue weighted by atomic mass is 10.1. The van der Waals surface area contributed by atoms with Gasteiger partial charge in [0.25, 0.3) is 17.4 Å². The van der Waals surface area contributed by atoms with E-state index in [-0.39, 0.29) is 17.7 Å². The van der Waals surface area contributed by atoms with Crippen molar-refractivity contribution in [1.82, 2.24) is 15.2 Å². The standard InChI is InChI=1S/C19H18N4O3/c1-21-17(25)15-9-14(16(24)22-19(12-20)7-8-19)11-23(18(15)26)10-13-5-3-2-4-6-13/h2-6,9,11H,7-8,10H2,1H3,(H,21,25)(H,22,24). The van der Waals surface area contributed by atoms with E-state index in [0.717, 1.165) is 5.56 Å². The van der Waals surface area contributed by atoms with Crippen molar-refractivity contribution >= 4 is 11.8 Å². The van der Waals surface area contributed by atoms with Gasteiger partial charge in [-0.3, -0.25) is 14.4 Å². The van der Waals surface area contributed by atoms with Gasteiger partial charge in [0.05, 0.1) is 18.2 Å². The second kappa shape index (κ2) is 6.84. The third-order valence-corrected chi connectivity index (χ3v) is 4.33. The summed E-state index contributed by atoms with van der Waals surface area (Å²) in [7, 11) is 1.42. The summed E-state index contributed by atoms with van der Waals surface area (Å²) in [5.41, 5.74) is -0.389. The molecule has 3 rings (SSSR count). The average Bonchev–Trinajstić information content (AvgIpc) is 3.43. The fraction of sp³-hybridized carbons (Fsp3) is 0.263. The smallest absolute Gasteiger partial charge is 0.263 e. The number of rotatable bonds is 5. The molecule has 1 fully saturated rings. The SMILES string of the molecule is CNC(=O)c1cc(C(=O)NC2(C#N)CC2)cn(Cc2ccccc2)c1=O. The van der Waals surface area contributed by atoms with E-state index in [1.807, 2.05) is 30.3 Å². The molecular weight excluding hydrogens is 332 g/mol. The Morgan fingerprint density at radius 2 is 1.92 bits per heavy atom. The number of hydrogen-bond acceptors (Lipinski definition) is 4. The Kier molecular flexibility index (Phi) is 4.59. The third-order valence-electron chi connectivity index (χ3n) is 4.33. The molecular formula is C19H18N4O3. The van der Waals surface area contributed by atoms with E-state index < -0.39 is 22.9 Å².